The van der Waals surface area contributed by atoms with Gasteiger partial charge in [-0.3, -0.25) is 0 Å². The fourth-order valence-electron chi connectivity index (χ4n) is 4.65. The van der Waals surface area contributed by atoms with E-state index >= 15 is 0 Å². The van der Waals surface area contributed by atoms with Crippen molar-refractivity contribution in [1.82, 2.24) is 0 Å². The standard InChI is InChI=1S/2C6H5.2C5H5.CH3.2ClH.Hf/c2*1-2-4-6-5-3-1;2*1-2-4-5-3-1;;;;/h2*1-5H;2*1-3H,4H2;1H3;2*1H;. The molecule has 0 amide bonds. The maximum atomic E-state index is 2.64. The molecule has 0 unspecified atom stereocenters. The topological polar surface area (TPSA) is 0 Å². The number of hydrogen-bond acceptors (Lipinski definition) is 0. The normalized spacial score (nSPS) is 16.7. The minimum atomic E-state index is -3.92. The predicted molar refractivity (Wildman–Crippen MR) is 116 cm³/mol. The van der Waals surface area contributed by atoms with Gasteiger partial charge in [-0.25, -0.2) is 0 Å². The summed E-state index contributed by atoms with van der Waals surface area (Å²) in [7, 11) is 0. The predicted octanol–water partition coefficient (Wildman–Crippen LogP) is 5.91. The molecular formula is C23H25Cl2Hf. The van der Waals surface area contributed by atoms with E-state index in [1.807, 2.05) is 0 Å². The Labute approximate surface area is 170 Å². The van der Waals surface area contributed by atoms with Crippen molar-refractivity contribution in [3.05, 3.63) is 104 Å². The summed E-state index contributed by atoms with van der Waals surface area (Å²) in [5.41, 5.74) is 0. The van der Waals surface area contributed by atoms with Gasteiger partial charge in [0.25, 0.3) is 0 Å². The van der Waals surface area contributed by atoms with Crippen LogP contribution in [0.25, 0.3) is 0 Å². The molecule has 0 fully saturated rings. The summed E-state index contributed by atoms with van der Waals surface area (Å²) in [5.74, 6) is 0. The van der Waals surface area contributed by atoms with Crippen molar-refractivity contribution in [2.45, 2.75) is 17.5 Å². The fraction of sp³-hybridized carbons (Fsp3) is 0.130. The molecule has 2 aliphatic rings. The van der Waals surface area contributed by atoms with Crippen molar-refractivity contribution in [3.8, 4) is 0 Å². The van der Waals surface area contributed by atoms with E-state index in [1.165, 1.54) is 0 Å². The van der Waals surface area contributed by atoms with Crippen molar-refractivity contribution in [1.29, 1.82) is 0 Å². The third-order valence-corrected chi connectivity index (χ3v) is 33.1. The maximum absolute atomic E-state index is 3.92. The van der Waals surface area contributed by atoms with Crippen LogP contribution in [-0.4, -0.2) is 0 Å². The van der Waals surface area contributed by atoms with Gasteiger partial charge in [0.15, 0.2) is 0 Å². The molecule has 0 aliphatic heterocycles. The van der Waals surface area contributed by atoms with Crippen LogP contribution in [0.4, 0.5) is 0 Å². The van der Waals surface area contributed by atoms with E-state index in [1.54, 1.807) is 13.3 Å². The molecule has 0 saturated heterocycles. The number of rotatable bonds is 4. The Balaban J connectivity index is 0.00000121. The van der Waals surface area contributed by atoms with E-state index in [4.69, 9.17) is 0 Å². The second-order valence-corrected chi connectivity index (χ2v) is 28.5. The average molecular weight is 551 g/mol. The zero-order valence-electron chi connectivity index (χ0n) is 15.0. The van der Waals surface area contributed by atoms with Gasteiger partial charge >= 0.3 is 146 Å². The number of allylic oxidation sites excluding steroid dienone is 8. The summed E-state index contributed by atoms with van der Waals surface area (Å²) in [4.78, 5) is 0. The van der Waals surface area contributed by atoms with Gasteiger partial charge in [-0.2, -0.15) is 0 Å². The van der Waals surface area contributed by atoms with Gasteiger partial charge in [-0.1, -0.05) is 0 Å². The number of halogens is 2. The molecule has 0 radical (unpaired) electrons. The van der Waals surface area contributed by atoms with Gasteiger partial charge in [0.05, 0.1) is 0 Å². The zero-order chi connectivity index (χ0) is 16.5. The molecule has 0 heterocycles. The summed E-state index contributed by atoms with van der Waals surface area (Å²) >= 11 is -3.92. The van der Waals surface area contributed by atoms with E-state index in [2.05, 4.69) is 102 Å². The molecule has 2 aliphatic carbocycles. The van der Waals surface area contributed by atoms with Gasteiger partial charge in [0.1, 0.15) is 0 Å². The van der Waals surface area contributed by atoms with Crippen molar-refractivity contribution in [2.75, 3.05) is 0 Å². The average Bonchev–Trinajstić information content (AvgIpc) is 3.37. The molecule has 0 atom stereocenters. The zero-order valence-corrected chi connectivity index (χ0v) is 20.2. The van der Waals surface area contributed by atoms with Gasteiger partial charge in [0.2, 0.25) is 0 Å². The van der Waals surface area contributed by atoms with Crippen LogP contribution < -0.4 is 6.64 Å². The monoisotopic (exact) mass is 551 g/mol. The SMILES string of the molecule is Cl.Cl.[CH3][Hf]([C]1=CC=CC1)([C]1=CC=CC1)([c]1ccccc1)[c]1ccccc1. The number of hydrogen-bond donors (Lipinski definition) is 0. The quantitative estimate of drug-likeness (QED) is 0.416. The van der Waals surface area contributed by atoms with E-state index < -0.39 is 18.5 Å². The van der Waals surface area contributed by atoms with E-state index in [0.29, 0.717) is 0 Å². The molecule has 2 aromatic carbocycles. The first-order chi connectivity index (χ1) is 11.7. The third-order valence-electron chi connectivity index (χ3n) is 6.14. The second-order valence-electron chi connectivity index (χ2n) is 7.13. The summed E-state index contributed by atoms with van der Waals surface area (Å²) < 4.78 is 9.09. The molecular weight excluding hydrogens is 526 g/mol. The summed E-state index contributed by atoms with van der Waals surface area (Å²) in [6.45, 7) is 0. The fourth-order valence-corrected chi connectivity index (χ4v) is 28.2. The Morgan fingerprint density at radius 1 is 0.615 bits per heavy atom. The molecule has 0 bridgehead atoms. The molecule has 0 saturated carbocycles. The Bertz CT molecular complexity index is 803. The van der Waals surface area contributed by atoms with E-state index in [-0.39, 0.29) is 24.8 Å². The molecule has 26 heavy (non-hydrogen) atoms. The van der Waals surface area contributed by atoms with Crippen molar-refractivity contribution < 1.29 is 18.5 Å². The first-order valence-electron chi connectivity index (χ1n) is 8.76. The van der Waals surface area contributed by atoms with Gasteiger partial charge in [0, 0.05) is 0 Å². The Morgan fingerprint density at radius 2 is 1.00 bits per heavy atom. The summed E-state index contributed by atoms with van der Waals surface area (Å²) in [6, 6.07) is 22.6. The van der Waals surface area contributed by atoms with E-state index in [0.717, 1.165) is 12.8 Å². The Kier molecular flexibility index (Phi) is 6.71. The second kappa shape index (κ2) is 8.25. The molecule has 0 N–H and O–H groups in total. The molecule has 0 spiro atoms. The Morgan fingerprint density at radius 3 is 1.31 bits per heavy atom. The van der Waals surface area contributed by atoms with Crippen LogP contribution in [0.2, 0.25) is 4.68 Å². The molecule has 2 aromatic rings. The molecule has 135 valence electrons. The Hall–Kier alpha value is -1.15. The number of benzene rings is 2. The van der Waals surface area contributed by atoms with Crippen molar-refractivity contribution >= 4 is 31.5 Å². The van der Waals surface area contributed by atoms with Crippen LogP contribution in [0.5, 0.6) is 0 Å². The first-order valence-corrected chi connectivity index (χ1v) is 19.5. The first kappa shape index (κ1) is 21.2. The summed E-state index contributed by atoms with van der Waals surface area (Å²) in [5, 5.41) is 0. The van der Waals surface area contributed by atoms with Crippen molar-refractivity contribution in [3.63, 3.8) is 0 Å². The van der Waals surface area contributed by atoms with Gasteiger partial charge in [-0.05, 0) is 0 Å². The van der Waals surface area contributed by atoms with Crippen LogP contribution in [0.1, 0.15) is 12.8 Å². The minimum absolute atomic E-state index is 0. The molecule has 0 aromatic heterocycles. The van der Waals surface area contributed by atoms with Crippen LogP contribution in [0, 0.1) is 0 Å². The molecule has 3 heteroatoms. The molecule has 0 nitrogen and oxygen atoms in total. The van der Waals surface area contributed by atoms with Gasteiger partial charge in [-0.15, -0.1) is 24.8 Å². The van der Waals surface area contributed by atoms with Crippen LogP contribution >= 0.6 is 24.8 Å². The third kappa shape index (κ3) is 2.95. The van der Waals surface area contributed by atoms with Crippen LogP contribution in [0.15, 0.2) is 104 Å². The van der Waals surface area contributed by atoms with Gasteiger partial charge < -0.3 is 0 Å². The van der Waals surface area contributed by atoms with Crippen molar-refractivity contribution in [2.24, 2.45) is 0 Å². The molecule has 4 rings (SSSR count). The summed E-state index contributed by atoms with van der Waals surface area (Å²) in [6.07, 6.45) is 16.2. The van der Waals surface area contributed by atoms with E-state index in [9.17, 15) is 0 Å². The van der Waals surface area contributed by atoms with Crippen LogP contribution in [0.3, 0.4) is 0 Å². The van der Waals surface area contributed by atoms with Crippen LogP contribution in [-0.2, 0) is 18.5 Å².